The third-order valence-electron chi connectivity index (χ3n) is 6.18. The maximum Gasteiger partial charge on any atom is 0.133 e. The van der Waals surface area contributed by atoms with Gasteiger partial charge in [0.2, 0.25) is 0 Å². The van der Waals surface area contributed by atoms with E-state index < -0.39 is 0 Å². The van der Waals surface area contributed by atoms with Crippen LogP contribution in [0.15, 0.2) is 42.6 Å². The van der Waals surface area contributed by atoms with Crippen molar-refractivity contribution in [1.29, 1.82) is 0 Å². The zero-order chi connectivity index (χ0) is 19.1. The Morgan fingerprint density at radius 3 is 2.79 bits per heavy atom. The summed E-state index contributed by atoms with van der Waals surface area (Å²) in [4.78, 5) is 10.1. The Bertz CT molecular complexity index is 989. The molecule has 146 valence electrons. The lowest BCUT2D eigenvalue weighted by molar-refractivity contribution is 0.122. The average molecular weight is 377 g/mol. The van der Waals surface area contributed by atoms with E-state index in [-0.39, 0.29) is 0 Å². The Balaban J connectivity index is 1.52. The Kier molecular flexibility index (Phi) is 4.57. The van der Waals surface area contributed by atoms with Crippen molar-refractivity contribution in [2.24, 2.45) is 0 Å². The van der Waals surface area contributed by atoms with Crippen LogP contribution in [0.4, 0.5) is 5.82 Å². The zero-order valence-electron chi connectivity index (χ0n) is 16.8. The largest absolute Gasteiger partial charge is 0.378 e. The van der Waals surface area contributed by atoms with Crippen molar-refractivity contribution in [3.8, 4) is 0 Å². The molecule has 3 aromatic rings. The third kappa shape index (κ3) is 3.19. The summed E-state index contributed by atoms with van der Waals surface area (Å²) in [6.45, 7) is 10.9. The molecule has 0 amide bonds. The van der Waals surface area contributed by atoms with E-state index in [1.165, 1.54) is 22.2 Å². The number of hydrogen-bond acceptors (Lipinski definition) is 4. The first-order valence-electron chi connectivity index (χ1n) is 10.3. The molecule has 0 saturated carbocycles. The number of aromatic nitrogens is 2. The number of aryl methyl sites for hydroxylation is 1. The van der Waals surface area contributed by atoms with Gasteiger partial charge in [0.15, 0.2) is 0 Å². The van der Waals surface area contributed by atoms with Gasteiger partial charge in [-0.05, 0) is 43.7 Å². The highest BCUT2D eigenvalue weighted by molar-refractivity contribution is 5.82. The lowest BCUT2D eigenvalue weighted by Crippen LogP contribution is -2.39. The van der Waals surface area contributed by atoms with E-state index in [9.17, 15) is 0 Å². The van der Waals surface area contributed by atoms with Crippen LogP contribution < -0.4 is 4.90 Å². The maximum atomic E-state index is 5.58. The lowest BCUT2D eigenvalue weighted by atomic mass is 10.1. The molecular weight excluding hydrogens is 348 g/mol. The first-order valence-corrected chi connectivity index (χ1v) is 10.3. The molecule has 5 heteroatoms. The number of fused-ring (bicyclic) bond motifs is 2. The molecular formula is C23H28N4O. The summed E-state index contributed by atoms with van der Waals surface area (Å²) in [5, 5.41) is 1.23. The van der Waals surface area contributed by atoms with Crippen molar-refractivity contribution in [1.82, 2.24) is 14.5 Å². The highest BCUT2D eigenvalue weighted by Gasteiger charge is 2.26. The van der Waals surface area contributed by atoms with Crippen LogP contribution in [0.25, 0.3) is 10.9 Å². The number of ether oxygens (including phenoxy) is 1. The standard InChI is InChI=1S/C23H28N4O/c1-17-5-6-19-15-20(16-27-9-8-25-7-3-4-22(25)18(27)2)23(24-21(19)14-17)26-10-12-28-13-11-26/h3-7,14-15,18H,8-13,16H2,1-2H3. The average Bonchev–Trinajstić information content (AvgIpc) is 3.20. The predicted molar refractivity (Wildman–Crippen MR) is 113 cm³/mol. The van der Waals surface area contributed by atoms with Crippen molar-refractivity contribution in [2.45, 2.75) is 33.0 Å². The molecule has 0 N–H and O–H groups in total. The van der Waals surface area contributed by atoms with Gasteiger partial charge >= 0.3 is 0 Å². The Labute approximate surface area is 166 Å². The molecule has 0 radical (unpaired) electrons. The van der Waals surface area contributed by atoms with E-state index in [4.69, 9.17) is 9.72 Å². The second-order valence-electron chi connectivity index (χ2n) is 8.04. The van der Waals surface area contributed by atoms with Crippen LogP contribution in [-0.2, 0) is 17.8 Å². The molecule has 1 fully saturated rings. The summed E-state index contributed by atoms with van der Waals surface area (Å²) in [5.41, 5.74) is 5.07. The van der Waals surface area contributed by atoms with Gasteiger partial charge in [0.1, 0.15) is 5.82 Å². The molecule has 5 rings (SSSR count). The summed E-state index contributed by atoms with van der Waals surface area (Å²) >= 11 is 0. The molecule has 2 aliphatic heterocycles. The van der Waals surface area contributed by atoms with Gasteiger partial charge in [-0.25, -0.2) is 4.98 Å². The summed E-state index contributed by atoms with van der Waals surface area (Å²) in [5.74, 6) is 1.13. The SMILES string of the molecule is Cc1ccc2cc(CN3CCn4cccc4C3C)c(N3CCOCC3)nc2c1. The Hall–Kier alpha value is -2.37. The fourth-order valence-electron chi connectivity index (χ4n) is 4.54. The summed E-state index contributed by atoms with van der Waals surface area (Å²) in [6, 6.07) is 13.8. The fourth-order valence-corrected chi connectivity index (χ4v) is 4.54. The van der Waals surface area contributed by atoms with Crippen molar-refractivity contribution >= 4 is 16.7 Å². The fraction of sp³-hybridized carbons (Fsp3) is 0.435. The van der Waals surface area contributed by atoms with Gasteiger partial charge in [-0.15, -0.1) is 0 Å². The van der Waals surface area contributed by atoms with Gasteiger partial charge in [-0.2, -0.15) is 0 Å². The predicted octanol–water partition coefficient (Wildman–Crippen LogP) is 3.76. The zero-order valence-corrected chi connectivity index (χ0v) is 16.8. The number of benzene rings is 1. The van der Waals surface area contributed by atoms with Crippen LogP contribution in [0, 0.1) is 6.92 Å². The van der Waals surface area contributed by atoms with E-state index in [0.29, 0.717) is 6.04 Å². The number of rotatable bonds is 3. The molecule has 1 atom stereocenters. The molecule has 2 aromatic heterocycles. The third-order valence-corrected chi connectivity index (χ3v) is 6.18. The molecule has 2 aliphatic rings. The van der Waals surface area contributed by atoms with E-state index in [1.807, 2.05) is 0 Å². The summed E-state index contributed by atoms with van der Waals surface area (Å²) in [6.07, 6.45) is 2.20. The number of nitrogens with zero attached hydrogens (tertiary/aromatic N) is 4. The first-order chi connectivity index (χ1) is 13.7. The van der Waals surface area contributed by atoms with Crippen LogP contribution >= 0.6 is 0 Å². The van der Waals surface area contributed by atoms with Crippen LogP contribution in [0.5, 0.6) is 0 Å². The molecule has 0 aliphatic carbocycles. The van der Waals surface area contributed by atoms with Crippen LogP contribution in [-0.4, -0.2) is 47.3 Å². The van der Waals surface area contributed by atoms with Crippen molar-refractivity contribution in [3.63, 3.8) is 0 Å². The van der Waals surface area contributed by atoms with Crippen molar-refractivity contribution in [3.05, 3.63) is 59.4 Å². The number of morpholine rings is 1. The van der Waals surface area contributed by atoms with Crippen LogP contribution in [0.1, 0.15) is 29.8 Å². The summed E-state index contributed by atoms with van der Waals surface area (Å²) in [7, 11) is 0. The van der Waals surface area contributed by atoms with Crippen molar-refractivity contribution in [2.75, 3.05) is 37.7 Å². The molecule has 1 aromatic carbocycles. The Morgan fingerprint density at radius 2 is 1.93 bits per heavy atom. The van der Waals surface area contributed by atoms with E-state index in [0.717, 1.165) is 57.3 Å². The minimum atomic E-state index is 0.412. The maximum absolute atomic E-state index is 5.58. The van der Waals surface area contributed by atoms with E-state index in [2.05, 4.69) is 70.8 Å². The molecule has 5 nitrogen and oxygen atoms in total. The first kappa shape index (κ1) is 17.7. The lowest BCUT2D eigenvalue weighted by Gasteiger charge is -2.36. The topological polar surface area (TPSA) is 33.5 Å². The Morgan fingerprint density at radius 1 is 1.07 bits per heavy atom. The molecule has 1 unspecified atom stereocenters. The van der Waals surface area contributed by atoms with Gasteiger partial charge in [-0.1, -0.05) is 12.1 Å². The molecule has 0 spiro atoms. The highest BCUT2D eigenvalue weighted by atomic mass is 16.5. The second-order valence-corrected chi connectivity index (χ2v) is 8.04. The number of anilines is 1. The van der Waals surface area contributed by atoms with E-state index >= 15 is 0 Å². The van der Waals surface area contributed by atoms with Crippen LogP contribution in [0.3, 0.4) is 0 Å². The minimum Gasteiger partial charge on any atom is -0.378 e. The number of hydrogen-bond donors (Lipinski definition) is 0. The van der Waals surface area contributed by atoms with Gasteiger partial charge < -0.3 is 14.2 Å². The van der Waals surface area contributed by atoms with Gasteiger partial charge in [-0.3, -0.25) is 4.90 Å². The molecule has 4 heterocycles. The van der Waals surface area contributed by atoms with E-state index in [1.54, 1.807) is 0 Å². The molecule has 1 saturated heterocycles. The monoisotopic (exact) mass is 376 g/mol. The second kappa shape index (κ2) is 7.22. The normalized spacial score (nSPS) is 20.5. The smallest absolute Gasteiger partial charge is 0.133 e. The van der Waals surface area contributed by atoms with Crippen LogP contribution in [0.2, 0.25) is 0 Å². The van der Waals surface area contributed by atoms with Gasteiger partial charge in [0.25, 0.3) is 0 Å². The quantitative estimate of drug-likeness (QED) is 0.697. The molecule has 0 bridgehead atoms. The van der Waals surface area contributed by atoms with Gasteiger partial charge in [0, 0.05) is 61.6 Å². The number of pyridine rings is 1. The molecule has 28 heavy (non-hydrogen) atoms. The van der Waals surface area contributed by atoms with Crippen molar-refractivity contribution < 1.29 is 4.74 Å². The van der Waals surface area contributed by atoms with Gasteiger partial charge in [0.05, 0.1) is 18.7 Å². The minimum absolute atomic E-state index is 0.412. The highest BCUT2D eigenvalue weighted by Crippen LogP contribution is 2.31. The summed E-state index contributed by atoms with van der Waals surface area (Å²) < 4.78 is 7.96.